The molecule has 3 N–H and O–H groups in total. The summed E-state index contributed by atoms with van der Waals surface area (Å²) in [5.41, 5.74) is 5.18. The third-order valence-corrected chi connectivity index (χ3v) is 4.54. The molecule has 2 rings (SSSR count). The van der Waals surface area contributed by atoms with E-state index in [1.165, 1.54) is 0 Å². The first kappa shape index (κ1) is 14.5. The lowest BCUT2D eigenvalue weighted by atomic mass is 10.1. The van der Waals surface area contributed by atoms with E-state index in [0.29, 0.717) is 6.54 Å². The van der Waals surface area contributed by atoms with Crippen LogP contribution in [0.4, 0.5) is 4.79 Å². The Morgan fingerprint density at radius 1 is 1.16 bits per heavy atom. The van der Waals surface area contributed by atoms with Crippen LogP contribution in [0.3, 0.4) is 0 Å². The standard InChI is InChI=1S/C12H22N4O2S/c13-11(17)9-15-3-1-10(2-4-15)14-12(18)16-5-7-19-8-6-16/h10H,1-9H2,(H2,13,17)(H,14,18). The summed E-state index contributed by atoms with van der Waals surface area (Å²) < 4.78 is 0. The Labute approximate surface area is 118 Å². The van der Waals surface area contributed by atoms with Crippen LogP contribution in [0, 0.1) is 0 Å². The van der Waals surface area contributed by atoms with Crippen molar-refractivity contribution in [2.45, 2.75) is 18.9 Å². The number of amides is 3. The molecule has 0 aromatic carbocycles. The Hall–Kier alpha value is -0.950. The summed E-state index contributed by atoms with van der Waals surface area (Å²) in [7, 11) is 0. The third kappa shape index (κ3) is 4.58. The summed E-state index contributed by atoms with van der Waals surface area (Å²) in [5.74, 6) is 1.78. The molecule has 0 unspecified atom stereocenters. The maximum atomic E-state index is 12.0. The molecular weight excluding hydrogens is 264 g/mol. The minimum atomic E-state index is -0.284. The van der Waals surface area contributed by atoms with Gasteiger partial charge in [0.2, 0.25) is 5.91 Å². The molecule has 2 saturated heterocycles. The fourth-order valence-electron chi connectivity index (χ4n) is 2.49. The van der Waals surface area contributed by atoms with Gasteiger partial charge in [-0.2, -0.15) is 11.8 Å². The highest BCUT2D eigenvalue weighted by Crippen LogP contribution is 2.12. The van der Waals surface area contributed by atoms with Crippen LogP contribution >= 0.6 is 11.8 Å². The molecule has 19 heavy (non-hydrogen) atoms. The van der Waals surface area contributed by atoms with Gasteiger partial charge in [-0.3, -0.25) is 9.69 Å². The van der Waals surface area contributed by atoms with E-state index in [0.717, 1.165) is 50.5 Å². The minimum absolute atomic E-state index is 0.0636. The average molecular weight is 286 g/mol. The number of primary amides is 1. The average Bonchev–Trinajstić information content (AvgIpc) is 2.41. The van der Waals surface area contributed by atoms with Crippen molar-refractivity contribution in [1.82, 2.24) is 15.1 Å². The van der Waals surface area contributed by atoms with Gasteiger partial charge in [-0.05, 0) is 12.8 Å². The third-order valence-electron chi connectivity index (χ3n) is 3.59. The summed E-state index contributed by atoms with van der Waals surface area (Å²) in [4.78, 5) is 26.8. The van der Waals surface area contributed by atoms with Crippen LogP contribution in [0.1, 0.15) is 12.8 Å². The second-order valence-corrected chi connectivity index (χ2v) is 6.29. The van der Waals surface area contributed by atoms with Gasteiger partial charge in [0.05, 0.1) is 6.54 Å². The van der Waals surface area contributed by atoms with Crippen molar-refractivity contribution >= 4 is 23.7 Å². The van der Waals surface area contributed by atoms with Gasteiger partial charge in [-0.25, -0.2) is 4.79 Å². The maximum absolute atomic E-state index is 12.0. The van der Waals surface area contributed by atoms with Crippen molar-refractivity contribution in [3.8, 4) is 0 Å². The number of nitrogens with one attached hydrogen (secondary N) is 1. The number of nitrogens with two attached hydrogens (primary N) is 1. The van der Waals surface area contributed by atoms with Crippen molar-refractivity contribution < 1.29 is 9.59 Å². The molecule has 2 aliphatic heterocycles. The molecule has 6 nitrogen and oxygen atoms in total. The van der Waals surface area contributed by atoms with E-state index in [2.05, 4.69) is 5.32 Å². The van der Waals surface area contributed by atoms with Crippen LogP contribution < -0.4 is 11.1 Å². The van der Waals surface area contributed by atoms with Gasteiger partial charge < -0.3 is 16.0 Å². The Morgan fingerprint density at radius 3 is 2.37 bits per heavy atom. The number of urea groups is 1. The van der Waals surface area contributed by atoms with E-state index in [1.807, 2.05) is 21.6 Å². The lowest BCUT2D eigenvalue weighted by molar-refractivity contribution is -0.119. The smallest absolute Gasteiger partial charge is 0.317 e. The summed E-state index contributed by atoms with van der Waals surface area (Å²) in [6.07, 6.45) is 1.78. The lowest BCUT2D eigenvalue weighted by Crippen LogP contribution is -2.51. The van der Waals surface area contributed by atoms with E-state index in [1.54, 1.807) is 0 Å². The molecule has 0 atom stereocenters. The van der Waals surface area contributed by atoms with E-state index in [4.69, 9.17) is 5.73 Å². The van der Waals surface area contributed by atoms with Crippen LogP contribution in [0.5, 0.6) is 0 Å². The van der Waals surface area contributed by atoms with Gasteiger partial charge in [0.15, 0.2) is 0 Å². The van der Waals surface area contributed by atoms with Crippen molar-refractivity contribution in [3.63, 3.8) is 0 Å². The molecule has 2 aliphatic rings. The van der Waals surface area contributed by atoms with Gasteiger partial charge in [-0.1, -0.05) is 0 Å². The number of thioether (sulfide) groups is 1. The summed E-state index contributed by atoms with van der Waals surface area (Å²) >= 11 is 1.90. The molecule has 0 aromatic heterocycles. The normalized spacial score (nSPS) is 22.2. The fraction of sp³-hybridized carbons (Fsp3) is 0.833. The Kier molecular flexibility index (Phi) is 5.33. The molecule has 0 saturated carbocycles. The first-order valence-corrected chi connectivity index (χ1v) is 7.94. The Balaban J connectivity index is 1.69. The number of carbonyl (C=O) groups is 2. The highest BCUT2D eigenvalue weighted by Gasteiger charge is 2.24. The Bertz CT molecular complexity index is 326. The molecule has 2 heterocycles. The summed E-state index contributed by atoms with van der Waals surface area (Å²) in [6.45, 7) is 3.66. The van der Waals surface area contributed by atoms with Crippen molar-refractivity contribution in [1.29, 1.82) is 0 Å². The molecule has 3 amide bonds. The van der Waals surface area contributed by atoms with E-state index in [9.17, 15) is 9.59 Å². The van der Waals surface area contributed by atoms with Crippen LogP contribution in [0.25, 0.3) is 0 Å². The predicted octanol–water partition coefficient (Wildman–Crippen LogP) is -0.305. The molecule has 2 fully saturated rings. The molecule has 0 spiro atoms. The van der Waals surface area contributed by atoms with Gasteiger partial charge in [0.1, 0.15) is 0 Å². The number of hydrogen-bond donors (Lipinski definition) is 2. The van der Waals surface area contributed by atoms with Crippen LogP contribution in [0.15, 0.2) is 0 Å². The highest BCUT2D eigenvalue weighted by molar-refractivity contribution is 7.99. The van der Waals surface area contributed by atoms with E-state index >= 15 is 0 Å². The summed E-state index contributed by atoms with van der Waals surface area (Å²) in [6, 6.07) is 0.292. The second kappa shape index (κ2) is 7.00. The Morgan fingerprint density at radius 2 is 1.79 bits per heavy atom. The van der Waals surface area contributed by atoms with E-state index in [-0.39, 0.29) is 18.0 Å². The number of piperidine rings is 1. The van der Waals surface area contributed by atoms with Crippen molar-refractivity contribution in [2.75, 3.05) is 44.2 Å². The van der Waals surface area contributed by atoms with Crippen molar-refractivity contribution in [3.05, 3.63) is 0 Å². The zero-order valence-electron chi connectivity index (χ0n) is 11.1. The topological polar surface area (TPSA) is 78.7 Å². The first-order valence-electron chi connectivity index (χ1n) is 6.79. The van der Waals surface area contributed by atoms with Gasteiger partial charge >= 0.3 is 6.03 Å². The quantitative estimate of drug-likeness (QED) is 0.746. The number of nitrogens with zero attached hydrogens (tertiary/aromatic N) is 2. The SMILES string of the molecule is NC(=O)CN1CCC(NC(=O)N2CCSCC2)CC1. The second-order valence-electron chi connectivity index (χ2n) is 5.07. The molecule has 0 bridgehead atoms. The molecular formula is C12H22N4O2S. The number of carbonyl (C=O) groups excluding carboxylic acids is 2. The molecule has 0 aliphatic carbocycles. The zero-order valence-corrected chi connectivity index (χ0v) is 12.0. The largest absolute Gasteiger partial charge is 0.369 e. The zero-order chi connectivity index (χ0) is 13.7. The van der Waals surface area contributed by atoms with Crippen LogP contribution in [-0.4, -0.2) is 72.0 Å². The molecule has 7 heteroatoms. The molecule has 108 valence electrons. The van der Waals surface area contributed by atoms with Gasteiger partial charge in [0, 0.05) is 43.7 Å². The van der Waals surface area contributed by atoms with Gasteiger partial charge in [0.25, 0.3) is 0 Å². The highest BCUT2D eigenvalue weighted by atomic mass is 32.2. The van der Waals surface area contributed by atoms with Gasteiger partial charge in [-0.15, -0.1) is 0 Å². The van der Waals surface area contributed by atoms with E-state index < -0.39 is 0 Å². The lowest BCUT2D eigenvalue weighted by Gasteiger charge is -2.34. The number of likely N-dealkylation sites (tertiary alicyclic amines) is 1. The predicted molar refractivity (Wildman–Crippen MR) is 76.1 cm³/mol. The summed E-state index contributed by atoms with van der Waals surface area (Å²) in [5, 5.41) is 3.10. The number of hydrogen-bond acceptors (Lipinski definition) is 4. The fourth-order valence-corrected chi connectivity index (χ4v) is 3.39. The molecule has 0 aromatic rings. The maximum Gasteiger partial charge on any atom is 0.317 e. The van der Waals surface area contributed by atoms with Crippen LogP contribution in [0.2, 0.25) is 0 Å². The van der Waals surface area contributed by atoms with Crippen molar-refractivity contribution in [2.24, 2.45) is 5.73 Å². The monoisotopic (exact) mass is 286 g/mol. The minimum Gasteiger partial charge on any atom is -0.369 e. The first-order chi connectivity index (χ1) is 9.15. The van der Waals surface area contributed by atoms with Crippen LogP contribution in [-0.2, 0) is 4.79 Å². The number of rotatable bonds is 3. The molecule has 0 radical (unpaired) electrons.